The molecule has 1 saturated heterocycles. The van der Waals surface area contributed by atoms with Crippen LogP contribution in [0.3, 0.4) is 0 Å². The summed E-state index contributed by atoms with van der Waals surface area (Å²) in [4.78, 5) is 2.37. The van der Waals surface area contributed by atoms with E-state index in [0.29, 0.717) is 6.04 Å². The van der Waals surface area contributed by atoms with E-state index in [1.165, 1.54) is 0 Å². The summed E-state index contributed by atoms with van der Waals surface area (Å²) < 4.78 is 10.7. The largest absolute Gasteiger partial charge is 0.497 e. The van der Waals surface area contributed by atoms with E-state index in [1.807, 2.05) is 12.1 Å². The van der Waals surface area contributed by atoms with Crippen molar-refractivity contribution in [2.24, 2.45) is 0 Å². The first-order chi connectivity index (χ1) is 8.26. The minimum absolute atomic E-state index is 0.478. The molecule has 2 rings (SSSR count). The minimum atomic E-state index is 0.478. The third-order valence-electron chi connectivity index (χ3n) is 3.20. The molecule has 0 radical (unpaired) electrons. The zero-order chi connectivity index (χ0) is 12.3. The Hall–Kier alpha value is -1.42. The monoisotopic (exact) mass is 236 g/mol. The highest BCUT2D eigenvalue weighted by atomic mass is 16.5. The number of nitrogens with zero attached hydrogens (tertiary/aromatic N) is 1. The predicted molar refractivity (Wildman–Crippen MR) is 69.2 cm³/mol. The second-order valence-corrected chi connectivity index (χ2v) is 4.28. The van der Waals surface area contributed by atoms with Crippen molar-refractivity contribution in [3.05, 3.63) is 18.2 Å². The lowest BCUT2D eigenvalue weighted by molar-refractivity contribution is 0.391. The number of methoxy groups -OCH3 is 2. The van der Waals surface area contributed by atoms with Crippen molar-refractivity contribution >= 4 is 5.69 Å². The predicted octanol–water partition coefficient (Wildman–Crippen LogP) is 1.50. The van der Waals surface area contributed by atoms with Crippen LogP contribution in [-0.2, 0) is 0 Å². The molecule has 0 bridgehead atoms. The number of benzene rings is 1. The van der Waals surface area contributed by atoms with Crippen LogP contribution >= 0.6 is 0 Å². The van der Waals surface area contributed by atoms with Crippen molar-refractivity contribution in [3.8, 4) is 11.5 Å². The highest BCUT2D eigenvalue weighted by Crippen LogP contribution is 2.33. The highest BCUT2D eigenvalue weighted by molar-refractivity contribution is 5.62. The fourth-order valence-corrected chi connectivity index (χ4v) is 2.22. The fraction of sp³-hybridized carbons (Fsp3) is 0.538. The van der Waals surface area contributed by atoms with Gasteiger partial charge in [-0.25, -0.2) is 0 Å². The third-order valence-corrected chi connectivity index (χ3v) is 3.20. The lowest BCUT2D eigenvalue weighted by Gasteiger charge is -2.36. The molecule has 1 heterocycles. The van der Waals surface area contributed by atoms with Crippen LogP contribution in [0.2, 0.25) is 0 Å². The SMILES string of the molecule is COc1ccc(N2CCNCC2C)c(OC)c1. The maximum atomic E-state index is 5.45. The number of anilines is 1. The molecule has 1 aromatic rings. The summed E-state index contributed by atoms with van der Waals surface area (Å²) in [6.07, 6.45) is 0. The number of ether oxygens (including phenoxy) is 2. The number of hydrogen-bond donors (Lipinski definition) is 1. The van der Waals surface area contributed by atoms with Gasteiger partial charge in [-0.1, -0.05) is 0 Å². The fourth-order valence-electron chi connectivity index (χ4n) is 2.22. The molecule has 94 valence electrons. The summed E-state index contributed by atoms with van der Waals surface area (Å²) in [5.74, 6) is 1.70. The third kappa shape index (κ3) is 2.47. The zero-order valence-electron chi connectivity index (χ0n) is 10.7. The molecule has 0 amide bonds. The van der Waals surface area contributed by atoms with Gasteiger partial charge < -0.3 is 19.7 Å². The van der Waals surface area contributed by atoms with E-state index >= 15 is 0 Å². The Morgan fingerprint density at radius 1 is 1.29 bits per heavy atom. The van der Waals surface area contributed by atoms with Crippen LogP contribution < -0.4 is 19.7 Å². The first-order valence-corrected chi connectivity index (χ1v) is 5.95. The normalized spacial score (nSPS) is 20.2. The van der Waals surface area contributed by atoms with E-state index in [9.17, 15) is 0 Å². The van der Waals surface area contributed by atoms with Gasteiger partial charge >= 0.3 is 0 Å². The van der Waals surface area contributed by atoms with Crippen LogP contribution in [0.4, 0.5) is 5.69 Å². The Morgan fingerprint density at radius 3 is 2.76 bits per heavy atom. The van der Waals surface area contributed by atoms with E-state index in [2.05, 4.69) is 23.2 Å². The summed E-state index contributed by atoms with van der Waals surface area (Å²) in [6, 6.07) is 6.46. The molecule has 0 spiro atoms. The Morgan fingerprint density at radius 2 is 2.12 bits per heavy atom. The lowest BCUT2D eigenvalue weighted by Crippen LogP contribution is -2.50. The lowest BCUT2D eigenvalue weighted by atomic mass is 10.1. The topological polar surface area (TPSA) is 33.7 Å². The quantitative estimate of drug-likeness (QED) is 0.862. The van der Waals surface area contributed by atoms with Crippen molar-refractivity contribution in [3.63, 3.8) is 0 Å². The molecular formula is C13H20N2O2. The summed E-state index contributed by atoms with van der Waals surface area (Å²) in [7, 11) is 3.37. The van der Waals surface area contributed by atoms with Crippen molar-refractivity contribution in [1.82, 2.24) is 5.32 Å². The highest BCUT2D eigenvalue weighted by Gasteiger charge is 2.21. The summed E-state index contributed by atoms with van der Waals surface area (Å²) in [5, 5.41) is 3.39. The minimum Gasteiger partial charge on any atom is -0.497 e. The Balaban J connectivity index is 2.30. The van der Waals surface area contributed by atoms with Crippen LogP contribution in [0.1, 0.15) is 6.92 Å². The van der Waals surface area contributed by atoms with Crippen LogP contribution in [-0.4, -0.2) is 39.9 Å². The van der Waals surface area contributed by atoms with Crippen molar-refractivity contribution in [1.29, 1.82) is 0 Å². The van der Waals surface area contributed by atoms with Crippen LogP contribution in [0.15, 0.2) is 18.2 Å². The van der Waals surface area contributed by atoms with Gasteiger partial charge in [-0.05, 0) is 19.1 Å². The molecule has 1 N–H and O–H groups in total. The molecule has 1 aliphatic rings. The summed E-state index contributed by atoms with van der Waals surface area (Å²) in [6.45, 7) is 5.24. The Labute approximate surface area is 103 Å². The average molecular weight is 236 g/mol. The van der Waals surface area contributed by atoms with E-state index in [4.69, 9.17) is 9.47 Å². The molecule has 17 heavy (non-hydrogen) atoms. The van der Waals surface area contributed by atoms with Gasteiger partial charge in [0.1, 0.15) is 11.5 Å². The first kappa shape index (κ1) is 12.0. The van der Waals surface area contributed by atoms with Gasteiger partial charge in [0.15, 0.2) is 0 Å². The second kappa shape index (κ2) is 5.27. The van der Waals surface area contributed by atoms with Crippen molar-refractivity contribution in [2.45, 2.75) is 13.0 Å². The summed E-state index contributed by atoms with van der Waals surface area (Å²) in [5.41, 5.74) is 1.14. The maximum Gasteiger partial charge on any atom is 0.145 e. The van der Waals surface area contributed by atoms with Gasteiger partial charge in [0.25, 0.3) is 0 Å². The number of piperazine rings is 1. The van der Waals surface area contributed by atoms with E-state index in [1.54, 1.807) is 14.2 Å². The van der Waals surface area contributed by atoms with Gasteiger partial charge in [0.2, 0.25) is 0 Å². The molecule has 1 atom stereocenters. The number of nitrogens with one attached hydrogen (secondary N) is 1. The molecule has 1 aromatic carbocycles. The number of rotatable bonds is 3. The van der Waals surface area contributed by atoms with Gasteiger partial charge in [0, 0.05) is 31.7 Å². The van der Waals surface area contributed by atoms with Crippen molar-refractivity contribution < 1.29 is 9.47 Å². The molecule has 4 nitrogen and oxygen atoms in total. The van der Waals surface area contributed by atoms with Crippen LogP contribution in [0, 0.1) is 0 Å². The van der Waals surface area contributed by atoms with Gasteiger partial charge in [0.05, 0.1) is 19.9 Å². The molecule has 4 heteroatoms. The second-order valence-electron chi connectivity index (χ2n) is 4.28. The van der Waals surface area contributed by atoms with Gasteiger partial charge in [-0.15, -0.1) is 0 Å². The molecular weight excluding hydrogens is 216 g/mol. The Kier molecular flexibility index (Phi) is 3.74. The zero-order valence-corrected chi connectivity index (χ0v) is 10.7. The molecule has 0 aliphatic carbocycles. The maximum absolute atomic E-state index is 5.45. The number of hydrogen-bond acceptors (Lipinski definition) is 4. The van der Waals surface area contributed by atoms with Gasteiger partial charge in [-0.3, -0.25) is 0 Å². The summed E-state index contributed by atoms with van der Waals surface area (Å²) >= 11 is 0. The molecule has 1 aliphatic heterocycles. The first-order valence-electron chi connectivity index (χ1n) is 5.95. The molecule has 0 aromatic heterocycles. The van der Waals surface area contributed by atoms with E-state index < -0.39 is 0 Å². The van der Waals surface area contributed by atoms with E-state index in [-0.39, 0.29) is 0 Å². The standard InChI is InChI=1S/C13H20N2O2/c1-10-9-14-6-7-15(10)12-5-4-11(16-2)8-13(12)17-3/h4-5,8,10,14H,6-7,9H2,1-3H3. The molecule has 0 saturated carbocycles. The van der Waals surface area contributed by atoms with Crippen LogP contribution in [0.25, 0.3) is 0 Å². The van der Waals surface area contributed by atoms with Gasteiger partial charge in [-0.2, -0.15) is 0 Å². The van der Waals surface area contributed by atoms with Crippen LogP contribution in [0.5, 0.6) is 11.5 Å². The molecule has 1 unspecified atom stereocenters. The smallest absolute Gasteiger partial charge is 0.145 e. The average Bonchev–Trinajstić information content (AvgIpc) is 2.38. The van der Waals surface area contributed by atoms with Crippen molar-refractivity contribution in [2.75, 3.05) is 38.8 Å². The van der Waals surface area contributed by atoms with E-state index in [0.717, 1.165) is 36.8 Å². The molecule has 1 fully saturated rings. The Bertz CT molecular complexity index is 382.